The summed E-state index contributed by atoms with van der Waals surface area (Å²) in [6.07, 6.45) is 5.93. The van der Waals surface area contributed by atoms with Crippen LogP contribution in [0, 0.1) is 5.92 Å². The van der Waals surface area contributed by atoms with Crippen molar-refractivity contribution >= 4 is 12.2 Å². The summed E-state index contributed by atoms with van der Waals surface area (Å²) in [5.41, 5.74) is 0. The van der Waals surface area contributed by atoms with Gasteiger partial charge in [-0.15, -0.1) is 0 Å². The second kappa shape index (κ2) is 8.36. The lowest BCUT2D eigenvalue weighted by atomic mass is 10.0. The Hall–Kier alpha value is -1.24. The van der Waals surface area contributed by atoms with Crippen molar-refractivity contribution in [2.75, 3.05) is 6.54 Å². The molecule has 0 fully saturated rings. The smallest absolute Gasteiger partial charge is 0.211 e. The number of rotatable bonds is 7. The highest BCUT2D eigenvalue weighted by molar-refractivity contribution is 5.33. The van der Waals surface area contributed by atoms with Gasteiger partial charge in [0.05, 0.1) is 12.6 Å². The minimum Gasteiger partial charge on any atom is -0.211 e. The maximum atomic E-state index is 9.90. The molecule has 2 atom stereocenters. The Labute approximate surface area is 84.1 Å². The van der Waals surface area contributed by atoms with E-state index in [-0.39, 0.29) is 6.04 Å². The maximum absolute atomic E-state index is 9.90. The van der Waals surface area contributed by atoms with E-state index in [0.717, 1.165) is 19.3 Å². The van der Waals surface area contributed by atoms with Crippen molar-refractivity contribution in [2.45, 2.75) is 39.2 Å². The molecule has 0 aliphatic rings. The van der Waals surface area contributed by atoms with Crippen LogP contribution in [0.15, 0.2) is 9.98 Å². The molecule has 0 aliphatic heterocycles. The first-order chi connectivity index (χ1) is 6.70. The van der Waals surface area contributed by atoms with Crippen molar-refractivity contribution in [3.63, 3.8) is 0 Å². The van der Waals surface area contributed by atoms with Gasteiger partial charge in [0.25, 0.3) is 0 Å². The first-order valence-corrected chi connectivity index (χ1v) is 4.81. The molecular weight excluding hydrogens is 180 g/mol. The molecule has 0 aromatic heterocycles. The van der Waals surface area contributed by atoms with Crippen LogP contribution in [-0.2, 0) is 9.59 Å². The molecule has 0 rings (SSSR count). The van der Waals surface area contributed by atoms with Crippen LogP contribution in [0.2, 0.25) is 0 Å². The minimum atomic E-state index is 0.0503. The summed E-state index contributed by atoms with van der Waals surface area (Å²) in [4.78, 5) is 26.8. The van der Waals surface area contributed by atoms with E-state index in [1.54, 1.807) is 6.08 Å². The molecule has 0 saturated carbocycles. The number of hydrogen-bond acceptors (Lipinski definition) is 4. The summed E-state index contributed by atoms with van der Waals surface area (Å²) in [5.74, 6) is 0.392. The van der Waals surface area contributed by atoms with Gasteiger partial charge in [0.15, 0.2) is 0 Å². The quantitative estimate of drug-likeness (QED) is 0.461. The van der Waals surface area contributed by atoms with Crippen LogP contribution >= 0.6 is 0 Å². The van der Waals surface area contributed by atoms with Gasteiger partial charge in [-0.1, -0.05) is 13.3 Å². The molecule has 4 nitrogen and oxygen atoms in total. The molecule has 0 saturated heterocycles. The van der Waals surface area contributed by atoms with Crippen molar-refractivity contribution in [3.8, 4) is 0 Å². The molecule has 0 spiro atoms. The first-order valence-electron chi connectivity index (χ1n) is 4.81. The average molecular weight is 196 g/mol. The van der Waals surface area contributed by atoms with E-state index in [4.69, 9.17) is 0 Å². The van der Waals surface area contributed by atoms with Gasteiger partial charge in [-0.3, -0.25) is 0 Å². The molecule has 0 aromatic rings. The Morgan fingerprint density at radius 2 is 1.86 bits per heavy atom. The van der Waals surface area contributed by atoms with Gasteiger partial charge in [-0.25, -0.2) is 19.6 Å². The molecule has 0 bridgehead atoms. The Morgan fingerprint density at radius 3 is 2.43 bits per heavy atom. The zero-order valence-electron chi connectivity index (χ0n) is 8.69. The third kappa shape index (κ3) is 7.41. The highest BCUT2D eigenvalue weighted by Crippen LogP contribution is 2.10. The molecule has 0 heterocycles. The van der Waals surface area contributed by atoms with Gasteiger partial charge in [0.1, 0.15) is 0 Å². The van der Waals surface area contributed by atoms with E-state index in [2.05, 4.69) is 9.98 Å². The van der Waals surface area contributed by atoms with E-state index in [9.17, 15) is 9.59 Å². The van der Waals surface area contributed by atoms with E-state index in [0.29, 0.717) is 12.5 Å². The fourth-order valence-electron chi connectivity index (χ4n) is 1.20. The zero-order valence-corrected chi connectivity index (χ0v) is 8.69. The molecule has 4 heteroatoms. The summed E-state index contributed by atoms with van der Waals surface area (Å²) in [6, 6.07) is 0.0503. The molecule has 0 aromatic carbocycles. The Balaban J connectivity index is 3.52. The summed E-state index contributed by atoms with van der Waals surface area (Å²) in [6.45, 7) is 4.46. The van der Waals surface area contributed by atoms with E-state index in [1.807, 2.05) is 13.8 Å². The highest BCUT2D eigenvalue weighted by Gasteiger charge is 2.03. The number of hydrogen-bond donors (Lipinski definition) is 0. The Kier molecular flexibility index (Phi) is 7.62. The van der Waals surface area contributed by atoms with E-state index >= 15 is 0 Å². The van der Waals surface area contributed by atoms with Gasteiger partial charge in [-0.05, 0) is 25.7 Å². The van der Waals surface area contributed by atoms with Gasteiger partial charge in [0, 0.05) is 0 Å². The Morgan fingerprint density at radius 1 is 1.14 bits per heavy atom. The predicted octanol–water partition coefficient (Wildman–Crippen LogP) is 1.85. The number of nitrogens with zero attached hydrogens (tertiary/aromatic N) is 2. The molecule has 2 unspecified atom stereocenters. The number of carbonyl (C=O) groups excluding carboxylic acids is 2. The van der Waals surface area contributed by atoms with Crippen molar-refractivity contribution < 1.29 is 9.59 Å². The second-order valence-electron chi connectivity index (χ2n) is 3.54. The summed E-state index contributed by atoms with van der Waals surface area (Å²) in [7, 11) is 0. The topological polar surface area (TPSA) is 58.9 Å². The van der Waals surface area contributed by atoms with Crippen molar-refractivity contribution in [1.29, 1.82) is 0 Å². The highest BCUT2D eigenvalue weighted by atomic mass is 16.1. The fourth-order valence-corrected chi connectivity index (χ4v) is 1.20. The third-order valence-corrected chi connectivity index (χ3v) is 2.06. The van der Waals surface area contributed by atoms with Crippen LogP contribution in [0.5, 0.6) is 0 Å². The van der Waals surface area contributed by atoms with Crippen LogP contribution in [0.25, 0.3) is 0 Å². The predicted molar refractivity (Wildman–Crippen MR) is 53.6 cm³/mol. The van der Waals surface area contributed by atoms with Gasteiger partial charge in [0.2, 0.25) is 12.2 Å². The third-order valence-electron chi connectivity index (χ3n) is 2.06. The van der Waals surface area contributed by atoms with Crippen LogP contribution in [0.4, 0.5) is 0 Å². The normalized spacial score (nSPS) is 13.6. The van der Waals surface area contributed by atoms with Crippen molar-refractivity contribution in [3.05, 3.63) is 0 Å². The van der Waals surface area contributed by atoms with Crippen LogP contribution in [0.3, 0.4) is 0 Å². The summed E-state index contributed by atoms with van der Waals surface area (Å²) < 4.78 is 0. The monoisotopic (exact) mass is 196 g/mol. The average Bonchev–Trinajstić information content (AvgIpc) is 2.15. The largest absolute Gasteiger partial charge is 0.235 e. The Bertz CT molecular complexity index is 241. The molecular formula is C10H16N2O2. The van der Waals surface area contributed by atoms with Crippen LogP contribution < -0.4 is 0 Å². The molecule has 14 heavy (non-hydrogen) atoms. The SMILES string of the molecule is CC(CCCC(C)N=C=O)CN=C=O. The first kappa shape index (κ1) is 12.8. The lowest BCUT2D eigenvalue weighted by molar-refractivity contribution is 0.483. The van der Waals surface area contributed by atoms with Crippen LogP contribution in [-0.4, -0.2) is 24.7 Å². The number of aliphatic imine (C=N–C) groups is 2. The minimum absolute atomic E-state index is 0.0503. The molecule has 0 N–H and O–H groups in total. The van der Waals surface area contributed by atoms with Crippen molar-refractivity contribution in [2.24, 2.45) is 15.9 Å². The van der Waals surface area contributed by atoms with E-state index < -0.39 is 0 Å². The molecule has 78 valence electrons. The fraction of sp³-hybridized carbons (Fsp3) is 0.800. The van der Waals surface area contributed by atoms with Crippen molar-refractivity contribution in [1.82, 2.24) is 0 Å². The number of isocyanates is 2. The van der Waals surface area contributed by atoms with Gasteiger partial charge >= 0.3 is 0 Å². The standard InChI is InChI=1S/C10H16N2O2/c1-9(6-11-7-13)4-3-5-10(2)12-8-14/h9-10H,3-6H2,1-2H3. The molecule has 0 amide bonds. The summed E-state index contributed by atoms with van der Waals surface area (Å²) >= 11 is 0. The molecule has 0 radical (unpaired) electrons. The lowest BCUT2D eigenvalue weighted by Crippen LogP contribution is -2.02. The maximum Gasteiger partial charge on any atom is 0.235 e. The van der Waals surface area contributed by atoms with Gasteiger partial charge in [-0.2, -0.15) is 0 Å². The molecule has 0 aliphatic carbocycles. The summed E-state index contributed by atoms with van der Waals surface area (Å²) in [5, 5.41) is 0. The zero-order chi connectivity index (χ0) is 10.8. The second-order valence-corrected chi connectivity index (χ2v) is 3.54. The van der Waals surface area contributed by atoms with E-state index in [1.165, 1.54) is 6.08 Å². The van der Waals surface area contributed by atoms with Gasteiger partial charge < -0.3 is 0 Å². The lowest BCUT2D eigenvalue weighted by Gasteiger charge is -2.08. The van der Waals surface area contributed by atoms with Crippen LogP contribution in [0.1, 0.15) is 33.1 Å².